The molecule has 6 heteroatoms. The van der Waals surface area contributed by atoms with Crippen LogP contribution in [0.15, 0.2) is 39.9 Å². The highest BCUT2D eigenvalue weighted by Gasteiger charge is 2.00. The Balaban J connectivity index is 2.48. The second-order valence-electron chi connectivity index (χ2n) is 3.26. The molecule has 0 unspecified atom stereocenters. The monoisotopic (exact) mass is 235 g/mol. The number of hydrogen-bond acceptors (Lipinski definition) is 3. The fourth-order valence-corrected chi connectivity index (χ4v) is 1.60. The van der Waals surface area contributed by atoms with Crippen molar-refractivity contribution in [3.8, 4) is 0 Å². The van der Waals surface area contributed by atoms with Gasteiger partial charge in [-0.25, -0.2) is 9.59 Å². The van der Waals surface area contributed by atoms with Crippen LogP contribution in [0.2, 0.25) is 0 Å². The van der Waals surface area contributed by atoms with Crippen LogP contribution in [0.3, 0.4) is 0 Å². The molecule has 1 aromatic heterocycles. The summed E-state index contributed by atoms with van der Waals surface area (Å²) in [6.07, 6.45) is 0. The molecule has 0 radical (unpaired) electrons. The smallest absolute Gasteiger partial charge is 0.284 e. The zero-order valence-electron chi connectivity index (χ0n) is 8.27. The molecule has 16 heavy (non-hydrogen) atoms. The third-order valence-electron chi connectivity index (χ3n) is 2.11. The Morgan fingerprint density at radius 1 is 1.12 bits per heavy atom. The van der Waals surface area contributed by atoms with Gasteiger partial charge < -0.3 is 0 Å². The van der Waals surface area contributed by atoms with Gasteiger partial charge in [-0.3, -0.25) is 14.5 Å². The molecule has 2 N–H and O–H groups in total. The van der Waals surface area contributed by atoms with Gasteiger partial charge >= 0.3 is 11.4 Å². The first-order valence-corrected chi connectivity index (χ1v) is 5.05. The van der Waals surface area contributed by atoms with Crippen molar-refractivity contribution in [1.82, 2.24) is 14.5 Å². The van der Waals surface area contributed by atoms with Gasteiger partial charge in [0.2, 0.25) is 0 Å². The van der Waals surface area contributed by atoms with Crippen LogP contribution in [0.1, 0.15) is 5.56 Å². The highest BCUT2D eigenvalue weighted by molar-refractivity contribution is 7.71. The second-order valence-corrected chi connectivity index (χ2v) is 3.65. The minimum Gasteiger partial charge on any atom is -0.284 e. The van der Waals surface area contributed by atoms with Crippen molar-refractivity contribution >= 4 is 12.2 Å². The van der Waals surface area contributed by atoms with E-state index < -0.39 is 11.4 Å². The first kappa shape index (κ1) is 10.6. The highest BCUT2D eigenvalue weighted by atomic mass is 32.1. The largest absolute Gasteiger partial charge is 0.332 e. The summed E-state index contributed by atoms with van der Waals surface area (Å²) >= 11 is 4.91. The van der Waals surface area contributed by atoms with Crippen molar-refractivity contribution in [2.75, 3.05) is 0 Å². The van der Waals surface area contributed by atoms with E-state index in [4.69, 9.17) is 12.2 Å². The van der Waals surface area contributed by atoms with E-state index in [1.807, 2.05) is 30.3 Å². The molecule has 1 heterocycles. The van der Waals surface area contributed by atoms with Crippen molar-refractivity contribution in [2.24, 2.45) is 0 Å². The predicted octanol–water partition coefficient (Wildman–Crippen LogP) is 0.642. The summed E-state index contributed by atoms with van der Waals surface area (Å²) in [4.78, 5) is 26.9. The van der Waals surface area contributed by atoms with Gasteiger partial charge in [0.25, 0.3) is 0 Å². The van der Waals surface area contributed by atoms with Crippen LogP contribution in [0, 0.1) is 4.77 Å². The third-order valence-corrected chi connectivity index (χ3v) is 2.44. The van der Waals surface area contributed by atoms with Crippen LogP contribution in [0.4, 0.5) is 0 Å². The number of aromatic amines is 2. The first-order chi connectivity index (χ1) is 7.66. The highest BCUT2D eigenvalue weighted by Crippen LogP contribution is 1.99. The van der Waals surface area contributed by atoms with Gasteiger partial charge in [0.15, 0.2) is 4.77 Å². The van der Waals surface area contributed by atoms with Crippen molar-refractivity contribution in [3.05, 3.63) is 61.6 Å². The third kappa shape index (κ3) is 2.17. The molecule has 82 valence electrons. The average Bonchev–Trinajstić information content (AvgIpc) is 2.25. The number of rotatable bonds is 2. The summed E-state index contributed by atoms with van der Waals surface area (Å²) in [6.45, 7) is 0.339. The van der Waals surface area contributed by atoms with E-state index in [0.717, 1.165) is 5.56 Å². The van der Waals surface area contributed by atoms with Crippen LogP contribution in [0.5, 0.6) is 0 Å². The maximum absolute atomic E-state index is 11.5. The quantitative estimate of drug-likeness (QED) is 0.750. The van der Waals surface area contributed by atoms with Crippen LogP contribution in [0.25, 0.3) is 0 Å². The van der Waals surface area contributed by atoms with E-state index in [9.17, 15) is 9.59 Å². The van der Waals surface area contributed by atoms with Gasteiger partial charge in [0.1, 0.15) is 0 Å². The molecule has 2 rings (SSSR count). The van der Waals surface area contributed by atoms with E-state index in [1.54, 1.807) is 0 Å². The van der Waals surface area contributed by atoms with Gasteiger partial charge in [-0.1, -0.05) is 30.3 Å². The molecule has 0 aliphatic carbocycles. The first-order valence-electron chi connectivity index (χ1n) is 4.64. The van der Waals surface area contributed by atoms with Crippen LogP contribution in [-0.2, 0) is 6.54 Å². The molecule has 0 spiro atoms. The zero-order chi connectivity index (χ0) is 11.5. The van der Waals surface area contributed by atoms with Crippen LogP contribution < -0.4 is 11.4 Å². The summed E-state index contributed by atoms with van der Waals surface area (Å²) in [5.74, 6) is 0. The topological polar surface area (TPSA) is 70.7 Å². The second kappa shape index (κ2) is 4.28. The lowest BCUT2D eigenvalue weighted by atomic mass is 10.2. The Hall–Kier alpha value is -1.95. The molecule has 0 aliphatic heterocycles. The molecule has 0 atom stereocenters. The minimum absolute atomic E-state index is 0.123. The Kier molecular flexibility index (Phi) is 2.82. The molecule has 0 bridgehead atoms. The van der Waals surface area contributed by atoms with Gasteiger partial charge in [-0.15, -0.1) is 0 Å². The van der Waals surface area contributed by atoms with Crippen molar-refractivity contribution in [2.45, 2.75) is 6.54 Å². The molecule has 0 aliphatic rings. The summed E-state index contributed by atoms with van der Waals surface area (Å²) in [5, 5.41) is 0. The van der Waals surface area contributed by atoms with E-state index in [2.05, 4.69) is 9.97 Å². The van der Waals surface area contributed by atoms with E-state index in [0.29, 0.717) is 6.54 Å². The summed E-state index contributed by atoms with van der Waals surface area (Å²) in [6, 6.07) is 9.40. The predicted molar refractivity (Wildman–Crippen MR) is 62.1 cm³/mol. The Labute approximate surface area is 95.4 Å². The summed E-state index contributed by atoms with van der Waals surface area (Å²) < 4.78 is 1.42. The number of H-pyrrole nitrogens is 2. The normalized spacial score (nSPS) is 10.2. The number of nitrogens with zero attached hydrogens (tertiary/aromatic N) is 1. The lowest BCUT2D eigenvalue weighted by Crippen LogP contribution is -2.32. The Bertz CT molecular complexity index is 620. The molecule has 0 saturated heterocycles. The van der Waals surface area contributed by atoms with E-state index >= 15 is 0 Å². The molecule has 5 nitrogen and oxygen atoms in total. The summed E-state index contributed by atoms with van der Waals surface area (Å²) in [5.41, 5.74) is -0.145. The van der Waals surface area contributed by atoms with Gasteiger partial charge in [-0.05, 0) is 17.8 Å². The molecule has 0 amide bonds. The standard InChI is InChI=1S/C10H9N3O2S/c14-8-11-9(15)13(10(16)12-8)6-7-4-2-1-3-5-7/h1-5H,6H2,(H2,11,12,14,15,16). The molecular weight excluding hydrogens is 226 g/mol. The fourth-order valence-electron chi connectivity index (χ4n) is 1.36. The van der Waals surface area contributed by atoms with E-state index in [-0.39, 0.29) is 4.77 Å². The maximum Gasteiger partial charge on any atom is 0.332 e. The average molecular weight is 235 g/mol. The van der Waals surface area contributed by atoms with Gasteiger partial charge in [0, 0.05) is 0 Å². The maximum atomic E-state index is 11.5. The number of hydrogen-bond donors (Lipinski definition) is 2. The fraction of sp³-hybridized carbons (Fsp3) is 0.100. The minimum atomic E-state index is -0.584. The van der Waals surface area contributed by atoms with Gasteiger partial charge in [-0.2, -0.15) is 0 Å². The Morgan fingerprint density at radius 2 is 1.81 bits per heavy atom. The van der Waals surface area contributed by atoms with E-state index in [1.165, 1.54) is 4.57 Å². The number of aromatic nitrogens is 3. The molecular formula is C10H9N3O2S. The molecule has 1 aromatic carbocycles. The van der Waals surface area contributed by atoms with Crippen LogP contribution >= 0.6 is 12.2 Å². The van der Waals surface area contributed by atoms with Gasteiger partial charge in [0.05, 0.1) is 6.54 Å². The van der Waals surface area contributed by atoms with Crippen molar-refractivity contribution < 1.29 is 0 Å². The SMILES string of the molecule is O=c1[nH]c(=O)n(Cc2ccccc2)c(=S)[nH]1. The number of benzene rings is 1. The lowest BCUT2D eigenvalue weighted by Gasteiger charge is -2.04. The van der Waals surface area contributed by atoms with Crippen molar-refractivity contribution in [1.29, 1.82) is 0 Å². The molecule has 0 saturated carbocycles. The van der Waals surface area contributed by atoms with Crippen LogP contribution in [-0.4, -0.2) is 14.5 Å². The van der Waals surface area contributed by atoms with Crippen molar-refractivity contribution in [3.63, 3.8) is 0 Å². The number of nitrogens with one attached hydrogen (secondary N) is 2. The Morgan fingerprint density at radius 3 is 2.44 bits per heavy atom. The summed E-state index contributed by atoms with van der Waals surface area (Å²) in [7, 11) is 0. The molecule has 0 fully saturated rings. The zero-order valence-corrected chi connectivity index (χ0v) is 9.08. The lowest BCUT2D eigenvalue weighted by molar-refractivity contribution is 0.674. The molecule has 2 aromatic rings.